The van der Waals surface area contributed by atoms with Gasteiger partial charge in [0.2, 0.25) is 11.5 Å². The number of H-pyrrole nitrogens is 1. The Kier molecular flexibility index (Phi) is 3.70. The zero-order chi connectivity index (χ0) is 16.7. The van der Waals surface area contributed by atoms with Crippen LogP contribution in [0.15, 0.2) is 27.6 Å². The maximum absolute atomic E-state index is 12.3. The fourth-order valence-corrected chi connectivity index (χ4v) is 3.32. The Hall–Kier alpha value is -2.44. The number of rotatable bonds is 3. The molecule has 126 valence electrons. The lowest BCUT2D eigenvalue weighted by atomic mass is 9.96. The summed E-state index contributed by atoms with van der Waals surface area (Å²) in [7, 11) is 0. The molecule has 3 heterocycles. The summed E-state index contributed by atoms with van der Waals surface area (Å²) in [5.41, 5.74) is 0.532. The van der Waals surface area contributed by atoms with Crippen LogP contribution >= 0.6 is 0 Å². The van der Waals surface area contributed by atoms with E-state index in [0.717, 1.165) is 32.4 Å². The van der Waals surface area contributed by atoms with E-state index in [2.05, 4.69) is 22.0 Å². The molecule has 4 rings (SSSR count). The molecule has 0 radical (unpaired) electrons. The van der Waals surface area contributed by atoms with Gasteiger partial charge in [-0.1, -0.05) is 12.1 Å². The van der Waals surface area contributed by atoms with Gasteiger partial charge in [-0.2, -0.15) is 4.98 Å². The van der Waals surface area contributed by atoms with Gasteiger partial charge in [-0.25, -0.2) is 0 Å². The van der Waals surface area contributed by atoms with Gasteiger partial charge in [-0.3, -0.25) is 9.59 Å². The number of aromatic nitrogens is 3. The molecule has 0 bridgehead atoms. The lowest BCUT2D eigenvalue weighted by molar-refractivity contribution is -0.133. The minimum Gasteiger partial charge on any atom is -0.342 e. The second-order valence-electron chi connectivity index (χ2n) is 6.82. The van der Waals surface area contributed by atoms with E-state index in [1.165, 1.54) is 6.07 Å². The first-order valence-electron chi connectivity index (χ1n) is 8.43. The Morgan fingerprint density at radius 2 is 2.08 bits per heavy atom. The van der Waals surface area contributed by atoms with Crippen molar-refractivity contribution >= 4 is 5.91 Å². The van der Waals surface area contributed by atoms with Crippen LogP contribution in [-0.4, -0.2) is 39.0 Å². The van der Waals surface area contributed by atoms with Crippen molar-refractivity contribution in [2.24, 2.45) is 11.8 Å². The third-order valence-corrected chi connectivity index (χ3v) is 5.07. The standard InChI is InChI=1S/C17H20N4O3/c1-10-8-13(10)17(23)21-6-4-11(5-7-21)15-19-16(24-20-15)12-2-3-14(22)18-9-12/h2-3,9-11,13H,4-8H2,1H3,(H,18,22)/t10-,13+/m0/s1. The van der Waals surface area contributed by atoms with Crippen molar-refractivity contribution in [2.45, 2.75) is 32.1 Å². The van der Waals surface area contributed by atoms with Gasteiger partial charge in [-0.05, 0) is 31.2 Å². The minimum atomic E-state index is -0.166. The van der Waals surface area contributed by atoms with E-state index in [1.54, 1.807) is 12.3 Å². The molecule has 2 aliphatic rings. The minimum absolute atomic E-state index is 0.166. The molecular weight excluding hydrogens is 308 g/mol. The fourth-order valence-electron chi connectivity index (χ4n) is 3.32. The highest BCUT2D eigenvalue weighted by Crippen LogP contribution is 2.40. The molecule has 2 aromatic heterocycles. The Morgan fingerprint density at radius 3 is 2.71 bits per heavy atom. The van der Waals surface area contributed by atoms with Crippen molar-refractivity contribution in [3.05, 3.63) is 34.5 Å². The molecular formula is C17H20N4O3. The van der Waals surface area contributed by atoms with Gasteiger partial charge in [0.15, 0.2) is 5.82 Å². The highest BCUT2D eigenvalue weighted by Gasteiger charge is 2.42. The van der Waals surface area contributed by atoms with Crippen LogP contribution in [0.3, 0.4) is 0 Å². The number of aromatic amines is 1. The summed E-state index contributed by atoms with van der Waals surface area (Å²) in [6, 6.07) is 3.09. The zero-order valence-electron chi connectivity index (χ0n) is 13.6. The second-order valence-corrected chi connectivity index (χ2v) is 6.82. The second kappa shape index (κ2) is 5.89. The van der Waals surface area contributed by atoms with Gasteiger partial charge in [0.1, 0.15) is 0 Å². The smallest absolute Gasteiger partial charge is 0.259 e. The zero-order valence-corrected chi connectivity index (χ0v) is 13.6. The third kappa shape index (κ3) is 2.86. The van der Waals surface area contributed by atoms with Crippen molar-refractivity contribution in [1.29, 1.82) is 0 Å². The quantitative estimate of drug-likeness (QED) is 0.927. The van der Waals surface area contributed by atoms with Crippen molar-refractivity contribution in [1.82, 2.24) is 20.0 Å². The van der Waals surface area contributed by atoms with Crippen LogP contribution in [0.25, 0.3) is 11.5 Å². The van der Waals surface area contributed by atoms with E-state index in [-0.39, 0.29) is 17.4 Å². The van der Waals surface area contributed by atoms with Gasteiger partial charge in [-0.15, -0.1) is 0 Å². The first kappa shape index (κ1) is 15.1. The Morgan fingerprint density at radius 1 is 1.33 bits per heavy atom. The average Bonchev–Trinajstić information content (AvgIpc) is 3.13. The summed E-state index contributed by atoms with van der Waals surface area (Å²) in [5.74, 6) is 2.41. The van der Waals surface area contributed by atoms with E-state index in [4.69, 9.17) is 4.52 Å². The van der Waals surface area contributed by atoms with Gasteiger partial charge < -0.3 is 14.4 Å². The number of nitrogens with one attached hydrogen (secondary N) is 1. The molecule has 2 fully saturated rings. The van der Waals surface area contributed by atoms with Crippen LogP contribution in [0.2, 0.25) is 0 Å². The summed E-state index contributed by atoms with van der Waals surface area (Å²) in [6.45, 7) is 3.65. The van der Waals surface area contributed by atoms with Crippen LogP contribution < -0.4 is 5.56 Å². The SMILES string of the molecule is C[C@H]1C[C@H]1C(=O)N1CCC(c2noc(-c3ccc(=O)[nH]c3)n2)CC1. The Balaban J connectivity index is 1.40. The number of carbonyl (C=O) groups is 1. The van der Waals surface area contributed by atoms with Crippen LogP contribution in [-0.2, 0) is 4.79 Å². The van der Waals surface area contributed by atoms with E-state index in [9.17, 15) is 9.59 Å². The molecule has 2 atom stereocenters. The van der Waals surface area contributed by atoms with Gasteiger partial charge in [0.05, 0.1) is 5.56 Å². The molecule has 1 N–H and O–H groups in total. The van der Waals surface area contributed by atoms with Gasteiger partial charge >= 0.3 is 0 Å². The number of pyridine rings is 1. The molecule has 1 saturated carbocycles. The van der Waals surface area contributed by atoms with Crippen LogP contribution in [0.4, 0.5) is 0 Å². The van der Waals surface area contributed by atoms with Gasteiger partial charge in [0, 0.05) is 37.2 Å². The molecule has 1 aliphatic heterocycles. The third-order valence-electron chi connectivity index (χ3n) is 5.07. The number of amides is 1. The first-order valence-corrected chi connectivity index (χ1v) is 8.43. The summed E-state index contributed by atoms with van der Waals surface area (Å²) in [6.07, 6.45) is 4.32. The van der Waals surface area contributed by atoms with Crippen LogP contribution in [0.5, 0.6) is 0 Å². The predicted octanol–water partition coefficient (Wildman–Crippen LogP) is 1.79. The summed E-state index contributed by atoms with van der Waals surface area (Å²) < 4.78 is 5.32. The van der Waals surface area contributed by atoms with E-state index in [1.807, 2.05) is 4.90 Å². The normalized spacial score (nSPS) is 24.1. The fraction of sp³-hybridized carbons (Fsp3) is 0.529. The summed E-state index contributed by atoms with van der Waals surface area (Å²) >= 11 is 0. The Labute approximate surface area is 139 Å². The number of piperidine rings is 1. The number of likely N-dealkylation sites (tertiary alicyclic amines) is 1. The van der Waals surface area contributed by atoms with Gasteiger partial charge in [0.25, 0.3) is 5.89 Å². The molecule has 7 heteroatoms. The topological polar surface area (TPSA) is 92.1 Å². The molecule has 1 aliphatic carbocycles. The number of nitrogens with zero attached hydrogens (tertiary/aromatic N) is 3. The molecule has 1 saturated heterocycles. The lowest BCUT2D eigenvalue weighted by Crippen LogP contribution is -2.39. The summed E-state index contributed by atoms with van der Waals surface area (Å²) in [4.78, 5) is 32.4. The first-order chi connectivity index (χ1) is 11.6. The molecule has 7 nitrogen and oxygen atoms in total. The number of carbonyl (C=O) groups excluding carboxylic acids is 1. The molecule has 1 amide bonds. The maximum Gasteiger partial charge on any atom is 0.259 e. The van der Waals surface area contributed by atoms with E-state index < -0.39 is 0 Å². The maximum atomic E-state index is 12.3. The number of hydrogen-bond acceptors (Lipinski definition) is 5. The predicted molar refractivity (Wildman–Crippen MR) is 86.2 cm³/mol. The molecule has 0 unspecified atom stereocenters. The highest BCUT2D eigenvalue weighted by atomic mass is 16.5. The molecule has 0 aromatic carbocycles. The van der Waals surface area contributed by atoms with Crippen LogP contribution in [0.1, 0.15) is 37.9 Å². The highest BCUT2D eigenvalue weighted by molar-refractivity contribution is 5.81. The van der Waals surface area contributed by atoms with Crippen molar-refractivity contribution < 1.29 is 9.32 Å². The van der Waals surface area contributed by atoms with Crippen molar-refractivity contribution in [3.63, 3.8) is 0 Å². The lowest BCUT2D eigenvalue weighted by Gasteiger charge is -2.30. The van der Waals surface area contributed by atoms with Crippen molar-refractivity contribution in [2.75, 3.05) is 13.1 Å². The molecule has 0 spiro atoms. The van der Waals surface area contributed by atoms with Crippen molar-refractivity contribution in [3.8, 4) is 11.5 Å². The van der Waals surface area contributed by atoms with E-state index in [0.29, 0.717) is 29.1 Å². The summed E-state index contributed by atoms with van der Waals surface area (Å²) in [5, 5.41) is 4.09. The number of hydrogen-bond donors (Lipinski definition) is 1. The Bertz CT molecular complexity index is 784. The largest absolute Gasteiger partial charge is 0.342 e. The average molecular weight is 328 g/mol. The monoisotopic (exact) mass is 328 g/mol. The molecule has 2 aromatic rings. The van der Waals surface area contributed by atoms with Crippen LogP contribution in [0, 0.1) is 11.8 Å². The molecule has 24 heavy (non-hydrogen) atoms. The van der Waals surface area contributed by atoms with E-state index >= 15 is 0 Å².